The molecular weight excluding hydrogens is 659 g/mol. The van der Waals surface area contributed by atoms with E-state index in [-0.39, 0.29) is 55.8 Å². The number of halogens is 4. The SMILES string of the molecule is CC(C)CNC(=O)[C@H](Cc1ccccc1)N(Cc1cccc(Br)c1)C(=O)CCCN(c1cccc(C(F)(F)F)c1)S(C)(=O)=O. The van der Waals surface area contributed by atoms with Gasteiger partial charge in [0.25, 0.3) is 0 Å². The van der Waals surface area contributed by atoms with E-state index < -0.39 is 27.8 Å². The van der Waals surface area contributed by atoms with Crippen molar-refractivity contribution in [3.63, 3.8) is 0 Å². The van der Waals surface area contributed by atoms with E-state index in [0.29, 0.717) is 6.54 Å². The number of carbonyl (C=O) groups excluding carboxylic acids is 2. The Morgan fingerprint density at radius 3 is 2.20 bits per heavy atom. The van der Waals surface area contributed by atoms with Crippen molar-refractivity contribution in [3.8, 4) is 0 Å². The molecule has 3 aromatic carbocycles. The first-order valence-corrected chi connectivity index (χ1v) is 16.8. The van der Waals surface area contributed by atoms with Gasteiger partial charge in [-0.25, -0.2) is 8.42 Å². The minimum Gasteiger partial charge on any atom is -0.354 e. The fourth-order valence-corrected chi connectivity index (χ4v) is 6.05. The smallest absolute Gasteiger partial charge is 0.354 e. The van der Waals surface area contributed by atoms with Gasteiger partial charge in [0.15, 0.2) is 0 Å². The number of alkyl halides is 3. The first-order chi connectivity index (χ1) is 20.6. The zero-order valence-corrected chi connectivity index (χ0v) is 27.3. The van der Waals surface area contributed by atoms with E-state index >= 15 is 0 Å². The molecular formula is C32H37BrF3N3O4S. The van der Waals surface area contributed by atoms with Crippen molar-refractivity contribution < 1.29 is 31.2 Å². The molecule has 44 heavy (non-hydrogen) atoms. The normalized spacial score (nSPS) is 12.5. The van der Waals surface area contributed by atoms with Gasteiger partial charge in [0.1, 0.15) is 6.04 Å². The highest BCUT2D eigenvalue weighted by atomic mass is 79.9. The third kappa shape index (κ3) is 10.7. The van der Waals surface area contributed by atoms with Crippen molar-refractivity contribution >= 4 is 43.5 Å². The molecule has 7 nitrogen and oxygen atoms in total. The van der Waals surface area contributed by atoms with E-state index in [1.807, 2.05) is 68.4 Å². The van der Waals surface area contributed by atoms with E-state index in [1.165, 1.54) is 11.0 Å². The van der Waals surface area contributed by atoms with Crippen LogP contribution in [0.25, 0.3) is 0 Å². The van der Waals surface area contributed by atoms with E-state index in [1.54, 1.807) is 0 Å². The number of benzene rings is 3. The third-order valence-corrected chi connectivity index (χ3v) is 8.50. The molecule has 1 atom stereocenters. The number of anilines is 1. The molecule has 0 fully saturated rings. The van der Waals surface area contributed by atoms with Crippen LogP contribution in [0.15, 0.2) is 83.3 Å². The summed E-state index contributed by atoms with van der Waals surface area (Å²) in [4.78, 5) is 28.9. The lowest BCUT2D eigenvalue weighted by molar-refractivity contribution is -0.141. The predicted molar refractivity (Wildman–Crippen MR) is 169 cm³/mol. The maximum atomic E-state index is 13.9. The molecule has 0 unspecified atom stereocenters. The number of sulfonamides is 1. The zero-order chi connectivity index (χ0) is 32.5. The minimum atomic E-state index is -4.65. The average molecular weight is 697 g/mol. The lowest BCUT2D eigenvalue weighted by Crippen LogP contribution is -2.51. The molecule has 0 aromatic heterocycles. The first kappa shape index (κ1) is 35.1. The Hall–Kier alpha value is -3.38. The Morgan fingerprint density at radius 1 is 0.932 bits per heavy atom. The number of amides is 2. The quantitative estimate of drug-likeness (QED) is 0.211. The van der Waals surface area contributed by atoms with E-state index in [2.05, 4.69) is 21.2 Å². The van der Waals surface area contributed by atoms with Crippen molar-refractivity contribution in [2.45, 2.75) is 51.9 Å². The largest absolute Gasteiger partial charge is 0.416 e. The van der Waals surface area contributed by atoms with Crippen LogP contribution in [-0.2, 0) is 38.8 Å². The van der Waals surface area contributed by atoms with Crippen LogP contribution in [-0.4, -0.2) is 50.5 Å². The second kappa shape index (κ2) is 15.6. The molecule has 0 saturated carbocycles. The second-order valence-electron chi connectivity index (χ2n) is 11.0. The van der Waals surface area contributed by atoms with E-state index in [9.17, 15) is 31.2 Å². The van der Waals surface area contributed by atoms with Crippen molar-refractivity contribution in [3.05, 3.63) is 100 Å². The Bertz CT molecular complexity index is 1520. The standard InChI is InChI=1S/C32H37BrF3N3O4S/c1-23(2)21-37-31(41)29(19-24-10-5-4-6-11-24)38(22-25-12-7-14-27(33)18-25)30(40)16-9-17-39(44(3,42)43)28-15-8-13-26(20-28)32(34,35)36/h4-8,10-15,18,20,23,29H,9,16-17,19,21-22H2,1-3H3,(H,37,41)/t29-/m0/s1. The minimum absolute atomic E-state index is 0.0167. The number of nitrogens with zero attached hydrogens (tertiary/aromatic N) is 2. The topological polar surface area (TPSA) is 86.8 Å². The summed E-state index contributed by atoms with van der Waals surface area (Å²) in [5, 5.41) is 2.95. The number of carbonyl (C=O) groups is 2. The average Bonchev–Trinajstić information content (AvgIpc) is 2.95. The number of rotatable bonds is 14. The van der Waals surface area contributed by atoms with Crippen LogP contribution < -0.4 is 9.62 Å². The highest BCUT2D eigenvalue weighted by molar-refractivity contribution is 9.10. The monoisotopic (exact) mass is 695 g/mol. The zero-order valence-electron chi connectivity index (χ0n) is 24.9. The molecule has 2 amide bonds. The molecule has 0 radical (unpaired) electrons. The second-order valence-corrected chi connectivity index (χ2v) is 13.8. The van der Waals surface area contributed by atoms with Gasteiger partial charge in [0.05, 0.1) is 17.5 Å². The predicted octanol–water partition coefficient (Wildman–Crippen LogP) is 6.43. The Kier molecular flexibility index (Phi) is 12.4. The molecule has 0 aliphatic carbocycles. The molecule has 3 aromatic rings. The maximum absolute atomic E-state index is 13.9. The molecule has 1 N–H and O–H groups in total. The van der Waals surface area contributed by atoms with Gasteiger partial charge < -0.3 is 10.2 Å². The Morgan fingerprint density at radius 2 is 1.59 bits per heavy atom. The van der Waals surface area contributed by atoms with Crippen molar-refractivity contribution in [2.75, 3.05) is 23.7 Å². The van der Waals surface area contributed by atoms with Gasteiger partial charge >= 0.3 is 6.18 Å². The van der Waals surface area contributed by atoms with Crippen molar-refractivity contribution in [2.24, 2.45) is 5.92 Å². The molecule has 0 spiro atoms. The summed E-state index contributed by atoms with van der Waals surface area (Å²) in [5.74, 6) is -0.515. The van der Waals surface area contributed by atoms with Crippen LogP contribution in [0.2, 0.25) is 0 Å². The summed E-state index contributed by atoms with van der Waals surface area (Å²) in [5.41, 5.74) is 0.521. The van der Waals surface area contributed by atoms with Crippen LogP contribution in [0.1, 0.15) is 43.4 Å². The fourth-order valence-electron chi connectivity index (χ4n) is 4.65. The van der Waals surface area contributed by atoms with Gasteiger partial charge in [-0.05, 0) is 53.8 Å². The van der Waals surface area contributed by atoms with Crippen molar-refractivity contribution in [1.82, 2.24) is 10.2 Å². The van der Waals surface area contributed by atoms with Crippen LogP contribution >= 0.6 is 15.9 Å². The molecule has 0 aliphatic rings. The van der Waals surface area contributed by atoms with Gasteiger partial charge in [-0.2, -0.15) is 13.2 Å². The molecule has 0 heterocycles. The molecule has 0 bridgehead atoms. The molecule has 0 saturated heterocycles. The van der Waals surface area contributed by atoms with Crippen LogP contribution in [0, 0.1) is 5.92 Å². The summed E-state index contributed by atoms with van der Waals surface area (Å²) < 4.78 is 66.8. The highest BCUT2D eigenvalue weighted by Crippen LogP contribution is 2.32. The summed E-state index contributed by atoms with van der Waals surface area (Å²) in [7, 11) is -3.97. The Balaban J connectivity index is 1.90. The van der Waals surface area contributed by atoms with Crippen LogP contribution in [0.5, 0.6) is 0 Å². The lowest BCUT2D eigenvalue weighted by Gasteiger charge is -2.32. The van der Waals surface area contributed by atoms with Gasteiger partial charge in [0.2, 0.25) is 21.8 Å². The van der Waals surface area contributed by atoms with E-state index in [0.717, 1.165) is 44.4 Å². The van der Waals surface area contributed by atoms with Crippen LogP contribution in [0.3, 0.4) is 0 Å². The highest BCUT2D eigenvalue weighted by Gasteiger charge is 2.33. The number of hydrogen-bond acceptors (Lipinski definition) is 4. The third-order valence-electron chi connectivity index (χ3n) is 6.81. The van der Waals surface area contributed by atoms with Gasteiger partial charge in [-0.1, -0.05) is 78.3 Å². The number of hydrogen-bond donors (Lipinski definition) is 1. The van der Waals surface area contributed by atoms with Gasteiger partial charge in [0, 0.05) is 36.9 Å². The fraction of sp³-hybridized carbons (Fsp3) is 0.375. The summed E-state index contributed by atoms with van der Waals surface area (Å²) >= 11 is 3.45. The molecule has 0 aliphatic heterocycles. The summed E-state index contributed by atoms with van der Waals surface area (Å²) in [6.45, 7) is 4.25. The van der Waals surface area contributed by atoms with E-state index in [4.69, 9.17) is 0 Å². The summed E-state index contributed by atoms with van der Waals surface area (Å²) in [6, 6.07) is 19.9. The van der Waals surface area contributed by atoms with Crippen LogP contribution in [0.4, 0.5) is 18.9 Å². The number of nitrogens with one attached hydrogen (secondary N) is 1. The maximum Gasteiger partial charge on any atom is 0.416 e. The Labute approximate surface area is 265 Å². The summed E-state index contributed by atoms with van der Waals surface area (Å²) in [6.07, 6.45) is -3.61. The van der Waals surface area contributed by atoms with Crippen molar-refractivity contribution in [1.29, 1.82) is 0 Å². The molecule has 12 heteroatoms. The molecule has 3 rings (SSSR count). The van der Waals surface area contributed by atoms with Gasteiger partial charge in [-0.15, -0.1) is 0 Å². The van der Waals surface area contributed by atoms with Gasteiger partial charge in [-0.3, -0.25) is 13.9 Å². The molecule has 238 valence electrons. The first-order valence-electron chi connectivity index (χ1n) is 14.2. The lowest BCUT2D eigenvalue weighted by atomic mass is 10.0.